The lowest BCUT2D eigenvalue weighted by atomic mass is 9.81. The van der Waals surface area contributed by atoms with Gasteiger partial charge in [-0.05, 0) is 25.0 Å². The number of likely N-dealkylation sites (tertiary alicyclic amines) is 1. The van der Waals surface area contributed by atoms with Gasteiger partial charge in [0.2, 0.25) is 5.91 Å². The van der Waals surface area contributed by atoms with E-state index in [1.807, 2.05) is 23.1 Å². The van der Waals surface area contributed by atoms with Crippen LogP contribution in [0.25, 0.3) is 0 Å². The van der Waals surface area contributed by atoms with Gasteiger partial charge >= 0.3 is 0 Å². The van der Waals surface area contributed by atoms with E-state index in [0.29, 0.717) is 49.2 Å². The zero-order chi connectivity index (χ0) is 18.4. The zero-order valence-corrected chi connectivity index (χ0v) is 15.4. The van der Waals surface area contributed by atoms with Crippen LogP contribution in [-0.4, -0.2) is 47.6 Å². The standard InChI is InChI=1S/C20H26N4O3/c25-18-14-6-2-4-8-16(14)27-20(21-18)9-11-24(12-10-20)19(26)17-13-5-1-3-7-15(13)22-23-17/h2,4,6,8,13,15,17,22-23H,1,3,5,7,9-12H2,(H,21,25). The molecular weight excluding hydrogens is 344 g/mol. The highest BCUT2D eigenvalue weighted by molar-refractivity contribution is 5.98. The number of nitrogens with one attached hydrogen (secondary N) is 3. The van der Waals surface area contributed by atoms with Gasteiger partial charge in [-0.25, -0.2) is 5.43 Å². The lowest BCUT2D eigenvalue weighted by molar-refractivity contribution is -0.138. The maximum Gasteiger partial charge on any atom is 0.258 e. The van der Waals surface area contributed by atoms with Gasteiger partial charge in [0, 0.05) is 37.9 Å². The van der Waals surface area contributed by atoms with Gasteiger partial charge < -0.3 is 15.0 Å². The fourth-order valence-electron chi connectivity index (χ4n) is 5.05. The number of hydrazine groups is 1. The minimum absolute atomic E-state index is 0.0941. The first kappa shape index (κ1) is 17.0. The van der Waals surface area contributed by atoms with Gasteiger partial charge in [-0.2, -0.15) is 0 Å². The molecule has 1 aliphatic carbocycles. The van der Waals surface area contributed by atoms with Crippen LogP contribution in [-0.2, 0) is 4.79 Å². The Morgan fingerprint density at radius 2 is 1.89 bits per heavy atom. The first-order valence-electron chi connectivity index (χ1n) is 10.1. The third-order valence-electron chi connectivity index (χ3n) is 6.60. The molecule has 3 atom stereocenters. The van der Waals surface area contributed by atoms with E-state index < -0.39 is 5.72 Å². The second-order valence-corrected chi connectivity index (χ2v) is 8.19. The van der Waals surface area contributed by atoms with Gasteiger partial charge in [-0.1, -0.05) is 25.0 Å². The third-order valence-corrected chi connectivity index (χ3v) is 6.60. The molecule has 2 saturated heterocycles. The van der Waals surface area contributed by atoms with Crippen LogP contribution >= 0.6 is 0 Å². The van der Waals surface area contributed by atoms with Crippen molar-refractivity contribution in [2.24, 2.45) is 5.92 Å². The SMILES string of the molecule is O=C1NC2(CCN(C(=O)C3NNC4CCCCC43)CC2)Oc2ccccc21. The van der Waals surface area contributed by atoms with Crippen LogP contribution in [0.15, 0.2) is 24.3 Å². The number of para-hydroxylation sites is 1. The molecule has 2 amide bonds. The maximum absolute atomic E-state index is 13.1. The maximum atomic E-state index is 13.1. The number of hydrogen-bond acceptors (Lipinski definition) is 5. The van der Waals surface area contributed by atoms with Crippen molar-refractivity contribution in [2.75, 3.05) is 13.1 Å². The summed E-state index contributed by atoms with van der Waals surface area (Å²) < 4.78 is 6.17. The second kappa shape index (κ2) is 6.49. The fraction of sp³-hybridized carbons (Fsp3) is 0.600. The fourth-order valence-corrected chi connectivity index (χ4v) is 5.05. The highest BCUT2D eigenvalue weighted by Gasteiger charge is 2.46. The van der Waals surface area contributed by atoms with Gasteiger partial charge in [-0.15, -0.1) is 0 Å². The monoisotopic (exact) mass is 370 g/mol. The molecule has 4 aliphatic rings. The predicted octanol–water partition coefficient (Wildman–Crippen LogP) is 1.16. The van der Waals surface area contributed by atoms with Crippen LogP contribution in [0, 0.1) is 5.92 Å². The Labute approximate surface area is 158 Å². The number of carbonyl (C=O) groups excluding carboxylic acids is 2. The summed E-state index contributed by atoms with van der Waals surface area (Å²) in [5.41, 5.74) is 6.45. The molecular formula is C20H26N4O3. The van der Waals surface area contributed by atoms with E-state index in [9.17, 15) is 9.59 Å². The van der Waals surface area contributed by atoms with Crippen molar-refractivity contribution in [3.05, 3.63) is 29.8 Å². The van der Waals surface area contributed by atoms with E-state index >= 15 is 0 Å². The van der Waals surface area contributed by atoms with E-state index in [-0.39, 0.29) is 17.9 Å². The van der Waals surface area contributed by atoms with Crippen LogP contribution in [0.5, 0.6) is 5.75 Å². The summed E-state index contributed by atoms with van der Waals surface area (Å²) >= 11 is 0. The molecule has 7 nitrogen and oxygen atoms in total. The zero-order valence-electron chi connectivity index (χ0n) is 15.4. The molecule has 1 aromatic carbocycles. The topological polar surface area (TPSA) is 82.7 Å². The Bertz CT molecular complexity index is 759. The first-order valence-corrected chi connectivity index (χ1v) is 10.1. The van der Waals surface area contributed by atoms with Gasteiger partial charge in [0.05, 0.1) is 5.56 Å². The minimum Gasteiger partial charge on any atom is -0.467 e. The predicted molar refractivity (Wildman–Crippen MR) is 98.9 cm³/mol. The number of benzene rings is 1. The average Bonchev–Trinajstić information content (AvgIpc) is 3.12. The van der Waals surface area contributed by atoms with E-state index in [4.69, 9.17) is 4.74 Å². The molecule has 144 valence electrons. The molecule has 27 heavy (non-hydrogen) atoms. The molecule has 5 rings (SSSR count). The quantitative estimate of drug-likeness (QED) is 0.691. The molecule has 3 fully saturated rings. The Kier molecular flexibility index (Phi) is 4.09. The Hall–Kier alpha value is -2.12. The van der Waals surface area contributed by atoms with Gasteiger partial charge in [-0.3, -0.25) is 15.0 Å². The van der Waals surface area contributed by atoms with Gasteiger partial charge in [0.25, 0.3) is 5.91 Å². The summed E-state index contributed by atoms with van der Waals surface area (Å²) in [6.45, 7) is 1.19. The van der Waals surface area contributed by atoms with Crippen molar-refractivity contribution in [3.63, 3.8) is 0 Å². The molecule has 3 unspecified atom stereocenters. The van der Waals surface area contributed by atoms with Gasteiger partial charge in [0.15, 0.2) is 5.72 Å². The van der Waals surface area contributed by atoms with Crippen LogP contribution in [0.4, 0.5) is 0 Å². The van der Waals surface area contributed by atoms with Crippen molar-refractivity contribution in [3.8, 4) is 5.75 Å². The van der Waals surface area contributed by atoms with Crippen LogP contribution in [0.3, 0.4) is 0 Å². The number of ether oxygens (including phenoxy) is 1. The van der Waals surface area contributed by atoms with Crippen LogP contribution < -0.4 is 20.9 Å². The molecule has 7 heteroatoms. The number of rotatable bonds is 1. The molecule has 3 N–H and O–H groups in total. The summed E-state index contributed by atoms with van der Waals surface area (Å²) in [5, 5.41) is 3.04. The summed E-state index contributed by atoms with van der Waals surface area (Å²) in [4.78, 5) is 27.5. The van der Waals surface area contributed by atoms with Crippen molar-refractivity contribution in [1.82, 2.24) is 21.1 Å². The Morgan fingerprint density at radius 1 is 1.11 bits per heavy atom. The largest absolute Gasteiger partial charge is 0.467 e. The first-order chi connectivity index (χ1) is 13.2. The van der Waals surface area contributed by atoms with E-state index in [1.165, 1.54) is 12.8 Å². The number of piperidine rings is 1. The van der Waals surface area contributed by atoms with Crippen molar-refractivity contribution >= 4 is 11.8 Å². The summed E-state index contributed by atoms with van der Waals surface area (Å²) in [5.74, 6) is 1.10. The minimum atomic E-state index is -0.697. The average molecular weight is 370 g/mol. The van der Waals surface area contributed by atoms with Crippen molar-refractivity contribution in [1.29, 1.82) is 0 Å². The molecule has 1 aromatic rings. The van der Waals surface area contributed by atoms with Crippen molar-refractivity contribution in [2.45, 2.75) is 56.3 Å². The van der Waals surface area contributed by atoms with E-state index in [0.717, 1.165) is 12.8 Å². The second-order valence-electron chi connectivity index (χ2n) is 8.19. The van der Waals surface area contributed by atoms with Crippen molar-refractivity contribution < 1.29 is 14.3 Å². The number of nitrogens with zero attached hydrogens (tertiary/aromatic N) is 1. The highest BCUT2D eigenvalue weighted by Crippen LogP contribution is 2.35. The van der Waals surface area contributed by atoms with Crippen LogP contribution in [0.1, 0.15) is 48.9 Å². The molecule has 3 heterocycles. The lowest BCUT2D eigenvalue weighted by Crippen LogP contribution is -2.62. The Balaban J connectivity index is 1.26. The number of carbonyl (C=O) groups is 2. The molecule has 1 saturated carbocycles. The molecule has 3 aliphatic heterocycles. The molecule has 0 bridgehead atoms. The van der Waals surface area contributed by atoms with E-state index in [1.54, 1.807) is 6.07 Å². The third kappa shape index (κ3) is 2.89. The summed E-state index contributed by atoms with van der Waals surface area (Å²) in [6, 6.07) is 7.61. The number of hydrogen-bond donors (Lipinski definition) is 3. The molecule has 1 spiro atoms. The summed E-state index contributed by atoms with van der Waals surface area (Å²) in [7, 11) is 0. The normalized spacial score (nSPS) is 31.6. The molecule has 0 aromatic heterocycles. The molecule has 0 radical (unpaired) electrons. The van der Waals surface area contributed by atoms with E-state index in [2.05, 4.69) is 16.2 Å². The lowest BCUT2D eigenvalue weighted by Gasteiger charge is -2.45. The highest BCUT2D eigenvalue weighted by atomic mass is 16.5. The number of fused-ring (bicyclic) bond motifs is 2. The Morgan fingerprint density at radius 3 is 2.74 bits per heavy atom. The smallest absolute Gasteiger partial charge is 0.258 e. The number of amides is 2. The van der Waals surface area contributed by atoms with Crippen LogP contribution in [0.2, 0.25) is 0 Å². The summed E-state index contributed by atoms with van der Waals surface area (Å²) in [6.07, 6.45) is 5.90. The van der Waals surface area contributed by atoms with Gasteiger partial charge in [0.1, 0.15) is 11.8 Å².